The minimum Gasteiger partial charge on any atom is -0.456 e. The molecule has 9 aromatic rings. The van der Waals surface area contributed by atoms with E-state index in [0.717, 1.165) is 39.0 Å². The average Bonchev–Trinajstić information content (AvgIpc) is 3.52. The van der Waals surface area contributed by atoms with Crippen molar-refractivity contribution in [3.8, 4) is 22.3 Å². The number of furan rings is 1. The first-order valence-electron chi connectivity index (χ1n) is 15.7. The molecule has 2 heteroatoms. The highest BCUT2D eigenvalue weighted by Gasteiger charge is 2.20. The van der Waals surface area contributed by atoms with Crippen LogP contribution in [0.3, 0.4) is 0 Å². The quantitative estimate of drug-likeness (QED) is 0.186. The first kappa shape index (κ1) is 26.3. The molecule has 0 saturated heterocycles. The predicted octanol–water partition coefficient (Wildman–Crippen LogP) is 12.7. The molecule has 0 aliphatic rings. The van der Waals surface area contributed by atoms with Gasteiger partial charge in [-0.3, -0.25) is 0 Å². The molecule has 1 heterocycles. The zero-order chi connectivity index (χ0) is 30.5. The smallest absolute Gasteiger partial charge is 0.137 e. The molecule has 0 fully saturated rings. The Labute approximate surface area is 267 Å². The van der Waals surface area contributed by atoms with Crippen LogP contribution in [-0.4, -0.2) is 0 Å². The summed E-state index contributed by atoms with van der Waals surface area (Å²) in [7, 11) is 0. The lowest BCUT2D eigenvalue weighted by atomic mass is 9.93. The lowest BCUT2D eigenvalue weighted by Gasteiger charge is -2.26. The van der Waals surface area contributed by atoms with Gasteiger partial charge in [0.25, 0.3) is 0 Å². The molecule has 0 spiro atoms. The molecule has 0 amide bonds. The highest BCUT2D eigenvalue weighted by molar-refractivity contribution is 6.15. The van der Waals surface area contributed by atoms with Gasteiger partial charge >= 0.3 is 0 Å². The molecule has 0 atom stereocenters. The van der Waals surface area contributed by atoms with Crippen LogP contribution in [0.2, 0.25) is 0 Å². The Kier molecular flexibility index (Phi) is 6.17. The van der Waals surface area contributed by atoms with Gasteiger partial charge in [-0.05, 0) is 92.3 Å². The van der Waals surface area contributed by atoms with Gasteiger partial charge in [0.05, 0.1) is 11.1 Å². The standard InChI is InChI=1S/C44H29NO/c1-2-11-30(12-3-1)31-21-25-34(26-22-31)45(41-18-10-20-43-44(41)39-17-8-9-19-42(39)46-43)35-27-23-32(24-28-35)40-29-33-13-4-5-14-36(33)37-15-6-7-16-38(37)40/h1-29H. The number of hydrogen-bond acceptors (Lipinski definition) is 2. The molecular weight excluding hydrogens is 558 g/mol. The van der Waals surface area contributed by atoms with Gasteiger partial charge in [0, 0.05) is 16.8 Å². The summed E-state index contributed by atoms with van der Waals surface area (Å²) in [6, 6.07) is 62.7. The summed E-state index contributed by atoms with van der Waals surface area (Å²) in [5.74, 6) is 0. The molecule has 2 nitrogen and oxygen atoms in total. The Balaban J connectivity index is 1.22. The van der Waals surface area contributed by atoms with Gasteiger partial charge in [0.2, 0.25) is 0 Å². The van der Waals surface area contributed by atoms with E-state index < -0.39 is 0 Å². The van der Waals surface area contributed by atoms with Crippen molar-refractivity contribution in [2.24, 2.45) is 0 Å². The van der Waals surface area contributed by atoms with Crippen LogP contribution in [0, 0.1) is 0 Å². The van der Waals surface area contributed by atoms with E-state index in [0.29, 0.717) is 0 Å². The number of hydrogen-bond donors (Lipinski definition) is 0. The molecule has 9 rings (SSSR count). The highest BCUT2D eigenvalue weighted by atomic mass is 16.3. The Hall–Kier alpha value is -6.12. The van der Waals surface area contributed by atoms with E-state index in [1.807, 2.05) is 12.1 Å². The van der Waals surface area contributed by atoms with Crippen LogP contribution in [0.1, 0.15) is 0 Å². The molecular formula is C44H29NO. The van der Waals surface area contributed by atoms with Gasteiger partial charge in [0.15, 0.2) is 0 Å². The zero-order valence-corrected chi connectivity index (χ0v) is 25.1. The maximum absolute atomic E-state index is 6.32. The van der Waals surface area contributed by atoms with E-state index in [1.54, 1.807) is 0 Å². The molecule has 0 aliphatic heterocycles. The van der Waals surface area contributed by atoms with Crippen LogP contribution in [0.15, 0.2) is 180 Å². The minimum absolute atomic E-state index is 0.879. The number of para-hydroxylation sites is 1. The Morgan fingerprint density at radius 2 is 0.935 bits per heavy atom. The monoisotopic (exact) mass is 587 g/mol. The topological polar surface area (TPSA) is 16.4 Å². The van der Waals surface area contributed by atoms with Crippen molar-refractivity contribution in [1.29, 1.82) is 0 Å². The largest absolute Gasteiger partial charge is 0.456 e. The van der Waals surface area contributed by atoms with E-state index in [1.165, 1.54) is 43.8 Å². The predicted molar refractivity (Wildman–Crippen MR) is 194 cm³/mol. The summed E-state index contributed by atoms with van der Waals surface area (Å²) >= 11 is 0. The van der Waals surface area contributed by atoms with Crippen molar-refractivity contribution in [1.82, 2.24) is 0 Å². The summed E-state index contributed by atoms with van der Waals surface area (Å²) in [6.07, 6.45) is 0. The summed E-state index contributed by atoms with van der Waals surface area (Å²) in [4.78, 5) is 2.35. The molecule has 1 aromatic heterocycles. The lowest BCUT2D eigenvalue weighted by Crippen LogP contribution is -2.10. The fourth-order valence-corrected chi connectivity index (χ4v) is 6.89. The van der Waals surface area contributed by atoms with Crippen LogP contribution in [0.4, 0.5) is 17.1 Å². The third-order valence-corrected chi connectivity index (χ3v) is 9.06. The highest BCUT2D eigenvalue weighted by Crippen LogP contribution is 2.44. The van der Waals surface area contributed by atoms with Crippen molar-refractivity contribution >= 4 is 60.5 Å². The maximum atomic E-state index is 6.32. The Bertz CT molecular complexity index is 2510. The first-order valence-corrected chi connectivity index (χ1v) is 15.7. The van der Waals surface area contributed by atoms with Crippen molar-refractivity contribution in [3.05, 3.63) is 176 Å². The van der Waals surface area contributed by atoms with Crippen LogP contribution in [-0.2, 0) is 0 Å². The first-order chi connectivity index (χ1) is 22.8. The second-order valence-electron chi connectivity index (χ2n) is 11.7. The van der Waals surface area contributed by atoms with Crippen LogP contribution >= 0.6 is 0 Å². The average molecular weight is 588 g/mol. The third kappa shape index (κ3) is 4.35. The molecule has 0 saturated carbocycles. The third-order valence-electron chi connectivity index (χ3n) is 9.06. The number of anilines is 3. The van der Waals surface area contributed by atoms with Gasteiger partial charge in [-0.15, -0.1) is 0 Å². The molecule has 8 aromatic carbocycles. The van der Waals surface area contributed by atoms with E-state index in [-0.39, 0.29) is 0 Å². The Morgan fingerprint density at radius 3 is 1.70 bits per heavy atom. The van der Waals surface area contributed by atoms with Crippen LogP contribution in [0.5, 0.6) is 0 Å². The normalized spacial score (nSPS) is 11.5. The number of fused-ring (bicyclic) bond motifs is 6. The van der Waals surface area contributed by atoms with Gasteiger partial charge < -0.3 is 9.32 Å². The minimum atomic E-state index is 0.879. The van der Waals surface area contributed by atoms with Gasteiger partial charge in [-0.1, -0.05) is 127 Å². The van der Waals surface area contributed by atoms with E-state index in [4.69, 9.17) is 4.42 Å². The molecule has 0 aliphatic carbocycles. The molecule has 216 valence electrons. The number of benzene rings is 8. The molecule has 0 N–H and O–H groups in total. The summed E-state index contributed by atoms with van der Waals surface area (Å²) in [6.45, 7) is 0. The molecule has 0 radical (unpaired) electrons. The maximum Gasteiger partial charge on any atom is 0.137 e. The fourth-order valence-electron chi connectivity index (χ4n) is 6.89. The zero-order valence-electron chi connectivity index (χ0n) is 25.1. The SMILES string of the molecule is c1ccc(-c2ccc(N(c3ccc(-c4cc5ccccc5c5ccccc45)cc3)c3cccc4oc5ccccc5c34)cc2)cc1. The van der Waals surface area contributed by atoms with E-state index in [2.05, 4.69) is 169 Å². The van der Waals surface area contributed by atoms with Crippen molar-refractivity contribution in [2.45, 2.75) is 0 Å². The van der Waals surface area contributed by atoms with Crippen molar-refractivity contribution in [2.75, 3.05) is 4.90 Å². The van der Waals surface area contributed by atoms with Gasteiger partial charge in [-0.25, -0.2) is 0 Å². The number of rotatable bonds is 5. The van der Waals surface area contributed by atoms with Crippen LogP contribution < -0.4 is 4.90 Å². The van der Waals surface area contributed by atoms with Gasteiger partial charge in [0.1, 0.15) is 11.2 Å². The summed E-state index contributed by atoms with van der Waals surface area (Å²) in [5.41, 5.74) is 9.84. The van der Waals surface area contributed by atoms with Crippen molar-refractivity contribution in [3.63, 3.8) is 0 Å². The van der Waals surface area contributed by atoms with E-state index in [9.17, 15) is 0 Å². The lowest BCUT2D eigenvalue weighted by molar-refractivity contribution is 0.669. The fraction of sp³-hybridized carbons (Fsp3) is 0. The molecule has 0 unspecified atom stereocenters. The summed E-state index contributed by atoms with van der Waals surface area (Å²) in [5, 5.41) is 7.28. The van der Waals surface area contributed by atoms with Crippen LogP contribution in [0.25, 0.3) is 65.7 Å². The molecule has 0 bridgehead atoms. The number of nitrogens with zero attached hydrogens (tertiary/aromatic N) is 1. The van der Waals surface area contributed by atoms with Crippen molar-refractivity contribution < 1.29 is 4.42 Å². The summed E-state index contributed by atoms with van der Waals surface area (Å²) < 4.78 is 6.32. The molecule has 46 heavy (non-hydrogen) atoms. The Morgan fingerprint density at radius 1 is 0.370 bits per heavy atom. The second-order valence-corrected chi connectivity index (χ2v) is 11.7. The van der Waals surface area contributed by atoms with Gasteiger partial charge in [-0.2, -0.15) is 0 Å². The second kappa shape index (κ2) is 10.8. The van der Waals surface area contributed by atoms with E-state index >= 15 is 0 Å².